The summed E-state index contributed by atoms with van der Waals surface area (Å²) < 4.78 is 0. The second-order valence-electron chi connectivity index (χ2n) is 4.56. The van der Waals surface area contributed by atoms with Gasteiger partial charge in [0, 0.05) is 25.3 Å². The molecule has 0 aliphatic heterocycles. The third-order valence-electron chi connectivity index (χ3n) is 3.12. The van der Waals surface area contributed by atoms with Gasteiger partial charge in [-0.15, -0.1) is 5.11 Å². The fourth-order valence-corrected chi connectivity index (χ4v) is 1.89. The average molecular weight is 299 g/mol. The number of nitrogens with two attached hydrogens (primary N) is 1. The number of benzene rings is 2. The van der Waals surface area contributed by atoms with Gasteiger partial charge in [-0.2, -0.15) is 5.11 Å². The van der Waals surface area contributed by atoms with Crippen molar-refractivity contribution < 1.29 is 9.90 Å². The zero-order valence-corrected chi connectivity index (χ0v) is 12.3. The smallest absolute Gasteiger partial charge is 0.153 e. The molecule has 7 nitrogen and oxygen atoms in total. The van der Waals surface area contributed by atoms with E-state index in [2.05, 4.69) is 15.7 Å². The number of rotatable bonds is 5. The molecule has 0 saturated heterocycles. The van der Waals surface area contributed by atoms with Gasteiger partial charge >= 0.3 is 0 Å². The number of hydrazine groups is 1. The van der Waals surface area contributed by atoms with Gasteiger partial charge in [0.2, 0.25) is 0 Å². The average Bonchev–Trinajstić information content (AvgIpc) is 2.54. The number of anilines is 2. The summed E-state index contributed by atoms with van der Waals surface area (Å²) in [6.45, 7) is 0. The van der Waals surface area contributed by atoms with Crippen molar-refractivity contribution in [1.82, 2.24) is 5.43 Å². The summed E-state index contributed by atoms with van der Waals surface area (Å²) in [5, 5.41) is 19.8. The second-order valence-corrected chi connectivity index (χ2v) is 4.56. The summed E-state index contributed by atoms with van der Waals surface area (Å²) in [4.78, 5) is 11.2. The van der Waals surface area contributed by atoms with Crippen LogP contribution in [0.2, 0.25) is 0 Å². The Morgan fingerprint density at radius 2 is 1.86 bits per heavy atom. The van der Waals surface area contributed by atoms with E-state index in [4.69, 9.17) is 5.73 Å². The van der Waals surface area contributed by atoms with Crippen LogP contribution in [0.1, 0.15) is 10.4 Å². The summed E-state index contributed by atoms with van der Waals surface area (Å²) in [5.74, 6) is -0.0677. The zero-order chi connectivity index (χ0) is 16.1. The lowest BCUT2D eigenvalue weighted by molar-refractivity contribution is 0.112. The van der Waals surface area contributed by atoms with Crippen LogP contribution in [0.4, 0.5) is 22.7 Å². The molecule has 0 fully saturated rings. The number of carbonyl (C=O) groups excluding carboxylic acids is 1. The van der Waals surface area contributed by atoms with Crippen LogP contribution in [0.5, 0.6) is 5.75 Å². The molecule has 0 saturated carbocycles. The summed E-state index contributed by atoms with van der Waals surface area (Å²) in [6.07, 6.45) is 0.699. The summed E-state index contributed by atoms with van der Waals surface area (Å²) in [5.41, 5.74) is 10.7. The maximum Gasteiger partial charge on any atom is 0.153 e. The lowest BCUT2D eigenvalue weighted by Gasteiger charge is -2.21. The van der Waals surface area contributed by atoms with E-state index in [1.165, 1.54) is 12.1 Å². The predicted octanol–water partition coefficient (Wildman–Crippen LogP) is 2.77. The van der Waals surface area contributed by atoms with Gasteiger partial charge in [-0.25, -0.2) is 5.43 Å². The highest BCUT2D eigenvalue weighted by atomic mass is 16.3. The van der Waals surface area contributed by atoms with Crippen LogP contribution in [0.25, 0.3) is 0 Å². The monoisotopic (exact) mass is 299 g/mol. The van der Waals surface area contributed by atoms with Gasteiger partial charge in [-0.1, -0.05) is 0 Å². The number of hydrogen-bond acceptors (Lipinski definition) is 7. The van der Waals surface area contributed by atoms with E-state index in [1.54, 1.807) is 43.4 Å². The van der Waals surface area contributed by atoms with Crippen molar-refractivity contribution in [3.05, 3.63) is 42.0 Å². The number of aromatic hydroxyl groups is 1. The SMILES string of the molecule is CNN(C)c1c(C=O)ccc(O)c1N=Nc1ccc(N)cc1. The van der Waals surface area contributed by atoms with Crippen molar-refractivity contribution in [2.24, 2.45) is 10.2 Å². The maximum atomic E-state index is 11.2. The van der Waals surface area contributed by atoms with Gasteiger partial charge in [0.1, 0.15) is 5.75 Å². The molecule has 7 heteroatoms. The first kappa shape index (κ1) is 15.5. The molecule has 2 rings (SSSR count). The molecule has 0 aliphatic rings. The molecule has 0 heterocycles. The minimum absolute atomic E-state index is 0.0677. The molecular formula is C15H17N5O2. The molecule has 114 valence electrons. The highest BCUT2D eigenvalue weighted by Crippen LogP contribution is 2.39. The standard InChI is InChI=1S/C15H17N5O2/c1-17-20(2)15-10(9-21)3-8-13(22)14(15)19-18-12-6-4-11(16)5-7-12/h3-9,17,22H,16H2,1-2H3. The van der Waals surface area contributed by atoms with Gasteiger partial charge in [-0.3, -0.25) is 4.79 Å². The van der Waals surface area contributed by atoms with E-state index in [-0.39, 0.29) is 11.4 Å². The van der Waals surface area contributed by atoms with Crippen LogP contribution in [0.3, 0.4) is 0 Å². The molecule has 22 heavy (non-hydrogen) atoms. The fraction of sp³-hybridized carbons (Fsp3) is 0.133. The number of nitrogen functional groups attached to an aromatic ring is 1. The van der Waals surface area contributed by atoms with E-state index >= 15 is 0 Å². The molecule has 4 N–H and O–H groups in total. The van der Waals surface area contributed by atoms with E-state index in [9.17, 15) is 9.90 Å². The number of nitrogens with one attached hydrogen (secondary N) is 1. The fourth-order valence-electron chi connectivity index (χ4n) is 1.89. The molecule has 0 atom stereocenters. The Labute approximate surface area is 128 Å². The number of nitrogens with zero attached hydrogens (tertiary/aromatic N) is 3. The molecule has 0 amide bonds. The number of hydrogen-bond donors (Lipinski definition) is 3. The molecule has 2 aromatic carbocycles. The first-order valence-corrected chi connectivity index (χ1v) is 6.56. The van der Waals surface area contributed by atoms with Gasteiger partial charge < -0.3 is 15.8 Å². The molecular weight excluding hydrogens is 282 g/mol. The van der Waals surface area contributed by atoms with Gasteiger partial charge in [0.15, 0.2) is 12.0 Å². The van der Waals surface area contributed by atoms with Gasteiger partial charge in [0.25, 0.3) is 0 Å². The van der Waals surface area contributed by atoms with Crippen LogP contribution < -0.4 is 16.2 Å². The molecule has 0 spiro atoms. The number of aldehydes is 1. The first-order valence-electron chi connectivity index (χ1n) is 6.56. The van der Waals surface area contributed by atoms with Crippen molar-refractivity contribution in [3.8, 4) is 5.75 Å². The Morgan fingerprint density at radius 1 is 1.18 bits per heavy atom. The summed E-state index contributed by atoms with van der Waals surface area (Å²) in [7, 11) is 3.41. The molecule has 0 aliphatic carbocycles. The van der Waals surface area contributed by atoms with Crippen molar-refractivity contribution in [2.75, 3.05) is 24.8 Å². The summed E-state index contributed by atoms with van der Waals surface area (Å²) in [6, 6.07) is 9.76. The van der Waals surface area contributed by atoms with Crippen molar-refractivity contribution in [3.63, 3.8) is 0 Å². The molecule has 2 aromatic rings. The van der Waals surface area contributed by atoms with Crippen LogP contribution in [-0.2, 0) is 0 Å². The van der Waals surface area contributed by atoms with Crippen molar-refractivity contribution in [1.29, 1.82) is 0 Å². The lowest BCUT2D eigenvalue weighted by atomic mass is 10.1. The van der Waals surface area contributed by atoms with Crippen LogP contribution in [0.15, 0.2) is 46.6 Å². The first-order chi connectivity index (χ1) is 10.6. The van der Waals surface area contributed by atoms with Gasteiger partial charge in [-0.05, 0) is 36.4 Å². The molecule has 0 bridgehead atoms. The van der Waals surface area contributed by atoms with Crippen molar-refractivity contribution >= 4 is 29.0 Å². The van der Waals surface area contributed by atoms with Crippen molar-refractivity contribution in [2.45, 2.75) is 0 Å². The quantitative estimate of drug-likeness (QED) is 0.341. The second kappa shape index (κ2) is 6.68. The predicted molar refractivity (Wildman–Crippen MR) is 86.0 cm³/mol. The largest absolute Gasteiger partial charge is 0.506 e. The van der Waals surface area contributed by atoms with Crippen LogP contribution in [0, 0.1) is 0 Å². The van der Waals surface area contributed by atoms with E-state index in [0.29, 0.717) is 28.9 Å². The number of phenols is 1. The van der Waals surface area contributed by atoms with Gasteiger partial charge in [0.05, 0.1) is 11.4 Å². The number of phenolic OH excluding ortho intramolecular Hbond substituents is 1. The Kier molecular flexibility index (Phi) is 4.70. The number of azo groups is 1. The van der Waals surface area contributed by atoms with E-state index in [1.807, 2.05) is 0 Å². The highest BCUT2D eigenvalue weighted by molar-refractivity contribution is 5.91. The topological polar surface area (TPSA) is 103 Å². The van der Waals surface area contributed by atoms with Crippen LogP contribution in [-0.4, -0.2) is 25.5 Å². The maximum absolute atomic E-state index is 11.2. The lowest BCUT2D eigenvalue weighted by Crippen LogP contribution is -2.31. The molecule has 0 radical (unpaired) electrons. The Morgan fingerprint density at radius 3 is 2.45 bits per heavy atom. The van der Waals surface area contributed by atoms with E-state index < -0.39 is 0 Å². The minimum Gasteiger partial charge on any atom is -0.506 e. The molecule has 0 aromatic heterocycles. The Bertz CT molecular complexity index is 698. The van der Waals surface area contributed by atoms with E-state index in [0.717, 1.165) is 0 Å². The Balaban J connectivity index is 2.49. The highest BCUT2D eigenvalue weighted by Gasteiger charge is 2.16. The number of carbonyl (C=O) groups is 1. The third-order valence-corrected chi connectivity index (χ3v) is 3.12. The Hall–Kier alpha value is -2.93. The van der Waals surface area contributed by atoms with Crippen LogP contribution >= 0.6 is 0 Å². The third kappa shape index (κ3) is 3.21. The zero-order valence-electron chi connectivity index (χ0n) is 12.3. The minimum atomic E-state index is -0.0677. The molecule has 0 unspecified atom stereocenters. The summed E-state index contributed by atoms with van der Waals surface area (Å²) >= 11 is 0. The normalized spacial score (nSPS) is 10.8.